The molecule has 0 unspecified atom stereocenters. The molecule has 1 aromatic rings. The maximum Gasteiger partial charge on any atom is 0.261 e. The van der Waals surface area contributed by atoms with Gasteiger partial charge in [-0.2, -0.15) is 0 Å². The zero-order chi connectivity index (χ0) is 14.5. The van der Waals surface area contributed by atoms with Crippen LogP contribution < -0.4 is 5.56 Å². The summed E-state index contributed by atoms with van der Waals surface area (Å²) in [5, 5.41) is 0. The fourth-order valence-corrected chi connectivity index (χ4v) is 2.43. The first-order valence-corrected chi connectivity index (χ1v) is 7.13. The molecule has 1 aliphatic heterocycles. The number of ketones is 1. The number of carbonyl (C=O) groups is 1. The van der Waals surface area contributed by atoms with Crippen molar-refractivity contribution in [2.45, 2.75) is 32.4 Å². The maximum atomic E-state index is 12.1. The minimum Gasteiger partial charge on any atom is -0.379 e. The summed E-state index contributed by atoms with van der Waals surface area (Å²) >= 11 is 0. The third-order valence-electron chi connectivity index (χ3n) is 3.77. The summed E-state index contributed by atoms with van der Waals surface area (Å²) in [6.45, 7) is 5.32. The molecule has 0 amide bonds. The Kier molecular flexibility index (Phi) is 5.09. The van der Waals surface area contributed by atoms with E-state index in [0.717, 1.165) is 26.1 Å². The van der Waals surface area contributed by atoms with Crippen molar-refractivity contribution in [2.75, 3.05) is 26.7 Å². The molecule has 0 N–H and O–H groups in total. The third-order valence-corrected chi connectivity index (χ3v) is 3.77. The van der Waals surface area contributed by atoms with Crippen LogP contribution in [-0.2, 0) is 11.3 Å². The van der Waals surface area contributed by atoms with Gasteiger partial charge in [0.25, 0.3) is 5.56 Å². The van der Waals surface area contributed by atoms with Gasteiger partial charge in [-0.05, 0) is 18.6 Å². The number of pyridine rings is 1. The number of nitrogens with zero attached hydrogens (tertiary/aromatic N) is 2. The molecule has 110 valence electrons. The third kappa shape index (κ3) is 3.35. The lowest BCUT2D eigenvalue weighted by atomic mass is 10.1. The van der Waals surface area contributed by atoms with Crippen LogP contribution in [-0.4, -0.2) is 48.1 Å². The Morgan fingerprint density at radius 3 is 2.80 bits per heavy atom. The number of likely N-dealkylation sites (tertiary alicyclic amines) is 1. The van der Waals surface area contributed by atoms with Gasteiger partial charge in [0.2, 0.25) is 0 Å². The molecular formula is C15H22N2O3. The summed E-state index contributed by atoms with van der Waals surface area (Å²) in [6, 6.07) is 3.39. The zero-order valence-corrected chi connectivity index (χ0v) is 12.2. The van der Waals surface area contributed by atoms with Crippen molar-refractivity contribution >= 4 is 5.78 Å². The monoisotopic (exact) mass is 278 g/mol. The highest BCUT2D eigenvalue weighted by Gasteiger charge is 2.25. The van der Waals surface area contributed by atoms with Gasteiger partial charge < -0.3 is 9.30 Å². The number of aryl methyl sites for hydroxylation is 1. The number of hydrogen-bond donors (Lipinski definition) is 0. The molecule has 0 aromatic carbocycles. The van der Waals surface area contributed by atoms with Gasteiger partial charge >= 0.3 is 0 Å². The first-order chi connectivity index (χ1) is 9.65. The van der Waals surface area contributed by atoms with E-state index in [1.165, 1.54) is 0 Å². The Morgan fingerprint density at radius 1 is 1.40 bits per heavy atom. The van der Waals surface area contributed by atoms with Crippen LogP contribution in [0.1, 0.15) is 30.1 Å². The lowest BCUT2D eigenvalue weighted by Crippen LogP contribution is -2.52. The molecule has 0 spiro atoms. The summed E-state index contributed by atoms with van der Waals surface area (Å²) in [5.41, 5.74) is 0.135. The number of rotatable bonds is 7. The predicted octanol–water partition coefficient (Wildman–Crippen LogP) is 1.16. The number of methoxy groups -OCH3 is 1. The molecule has 5 heteroatoms. The molecule has 20 heavy (non-hydrogen) atoms. The fraction of sp³-hybridized carbons (Fsp3) is 0.600. The van der Waals surface area contributed by atoms with E-state index in [-0.39, 0.29) is 11.3 Å². The summed E-state index contributed by atoms with van der Waals surface area (Å²) < 4.78 is 6.86. The fourth-order valence-electron chi connectivity index (χ4n) is 2.43. The van der Waals surface area contributed by atoms with Crippen LogP contribution >= 0.6 is 0 Å². The molecule has 1 fully saturated rings. The minimum atomic E-state index is -0.169. The van der Waals surface area contributed by atoms with E-state index in [1.807, 2.05) is 0 Å². The van der Waals surface area contributed by atoms with Gasteiger partial charge in [0.05, 0.1) is 11.7 Å². The van der Waals surface area contributed by atoms with Gasteiger partial charge in [-0.25, -0.2) is 0 Å². The molecule has 0 radical (unpaired) electrons. The second kappa shape index (κ2) is 6.81. The SMILES string of the molecule is CCC(=O)c1cccn(CCCN2CC(OC)C2)c1=O. The van der Waals surface area contributed by atoms with Crippen molar-refractivity contribution in [2.24, 2.45) is 0 Å². The van der Waals surface area contributed by atoms with Gasteiger partial charge in [0.15, 0.2) is 5.78 Å². The quantitative estimate of drug-likeness (QED) is 0.702. The summed E-state index contributed by atoms with van der Waals surface area (Å²) in [5.74, 6) is -0.0879. The lowest BCUT2D eigenvalue weighted by molar-refractivity contribution is -0.0298. The molecule has 5 nitrogen and oxygen atoms in total. The molecule has 0 bridgehead atoms. The van der Waals surface area contributed by atoms with Crippen LogP contribution in [0.25, 0.3) is 0 Å². The highest BCUT2D eigenvalue weighted by Crippen LogP contribution is 2.10. The largest absolute Gasteiger partial charge is 0.379 e. The molecule has 0 atom stereocenters. The molecule has 1 aromatic heterocycles. The van der Waals surface area contributed by atoms with Gasteiger partial charge in [-0.1, -0.05) is 6.92 Å². The Morgan fingerprint density at radius 2 is 2.15 bits per heavy atom. The van der Waals surface area contributed by atoms with E-state index in [1.54, 1.807) is 36.9 Å². The average molecular weight is 278 g/mol. The molecule has 1 aliphatic rings. The Labute approximate surface area is 119 Å². The summed E-state index contributed by atoms with van der Waals surface area (Å²) in [6.07, 6.45) is 3.39. The highest BCUT2D eigenvalue weighted by atomic mass is 16.5. The van der Waals surface area contributed by atoms with Crippen LogP contribution in [0.15, 0.2) is 23.1 Å². The smallest absolute Gasteiger partial charge is 0.261 e. The van der Waals surface area contributed by atoms with E-state index in [4.69, 9.17) is 4.74 Å². The van der Waals surface area contributed by atoms with Crippen molar-refractivity contribution in [1.82, 2.24) is 9.47 Å². The number of carbonyl (C=O) groups excluding carboxylic acids is 1. The Bertz CT molecular complexity index is 518. The minimum absolute atomic E-state index is 0.0879. The average Bonchev–Trinajstić information content (AvgIpc) is 2.42. The predicted molar refractivity (Wildman–Crippen MR) is 77.2 cm³/mol. The molecule has 2 rings (SSSR count). The molecular weight excluding hydrogens is 256 g/mol. The van der Waals surface area contributed by atoms with E-state index in [2.05, 4.69) is 4.90 Å². The van der Waals surface area contributed by atoms with E-state index in [9.17, 15) is 9.59 Å². The normalized spacial score (nSPS) is 16.1. The van der Waals surface area contributed by atoms with Crippen molar-refractivity contribution in [1.29, 1.82) is 0 Å². The zero-order valence-electron chi connectivity index (χ0n) is 12.2. The molecule has 0 aliphatic carbocycles. The Hall–Kier alpha value is -1.46. The second-order valence-electron chi connectivity index (χ2n) is 5.17. The van der Waals surface area contributed by atoms with Crippen molar-refractivity contribution in [3.05, 3.63) is 34.2 Å². The van der Waals surface area contributed by atoms with Crippen molar-refractivity contribution < 1.29 is 9.53 Å². The molecule has 2 heterocycles. The number of aromatic nitrogens is 1. The van der Waals surface area contributed by atoms with Crippen LogP contribution in [0.3, 0.4) is 0 Å². The van der Waals surface area contributed by atoms with E-state index >= 15 is 0 Å². The maximum absolute atomic E-state index is 12.1. The van der Waals surface area contributed by atoms with Gasteiger partial charge in [-0.3, -0.25) is 14.5 Å². The number of Topliss-reactive ketones (excluding diaryl/α,β-unsaturated/α-hetero) is 1. The first-order valence-electron chi connectivity index (χ1n) is 7.13. The molecule has 1 saturated heterocycles. The lowest BCUT2D eigenvalue weighted by Gasteiger charge is -2.38. The van der Waals surface area contributed by atoms with Crippen molar-refractivity contribution in [3.63, 3.8) is 0 Å². The molecule has 0 saturated carbocycles. The second-order valence-corrected chi connectivity index (χ2v) is 5.17. The van der Waals surface area contributed by atoms with Gasteiger partial charge in [0.1, 0.15) is 0 Å². The van der Waals surface area contributed by atoms with Crippen LogP contribution in [0.4, 0.5) is 0 Å². The van der Waals surface area contributed by atoms with Gasteiger partial charge in [-0.15, -0.1) is 0 Å². The van der Waals surface area contributed by atoms with Gasteiger partial charge in [0, 0.05) is 45.9 Å². The summed E-state index contributed by atoms with van der Waals surface area (Å²) in [4.78, 5) is 26.1. The standard InChI is InChI=1S/C15H22N2O3/c1-3-14(18)13-6-4-8-17(15(13)19)9-5-7-16-10-12(11-16)20-2/h4,6,8,12H,3,5,7,9-11H2,1-2H3. The highest BCUT2D eigenvalue weighted by molar-refractivity contribution is 5.95. The van der Waals surface area contributed by atoms with E-state index < -0.39 is 0 Å². The van der Waals surface area contributed by atoms with Crippen molar-refractivity contribution in [3.8, 4) is 0 Å². The van der Waals surface area contributed by atoms with E-state index in [0.29, 0.717) is 24.6 Å². The first kappa shape index (κ1) is 14.9. The van der Waals surface area contributed by atoms with Crippen LogP contribution in [0, 0.1) is 0 Å². The van der Waals surface area contributed by atoms with Crippen LogP contribution in [0.2, 0.25) is 0 Å². The summed E-state index contributed by atoms with van der Waals surface area (Å²) in [7, 11) is 1.73. The topological polar surface area (TPSA) is 51.5 Å². The number of ether oxygens (including phenoxy) is 1. The Balaban J connectivity index is 1.87. The van der Waals surface area contributed by atoms with Crippen LogP contribution in [0.5, 0.6) is 0 Å². The number of hydrogen-bond acceptors (Lipinski definition) is 4.